The van der Waals surface area contributed by atoms with E-state index in [1.165, 1.54) is 18.6 Å². The van der Waals surface area contributed by atoms with E-state index in [9.17, 15) is 22.7 Å². The molecule has 5 heterocycles. The standard InChI is InChI=1S/C27H32FN7O5S/c1-33-25(30-17-31-33)18-2-3-24-23(12-18)40-11-7-27(32-26(37)22-13-20(36)16-35(22)41(24,38)39)5-9-34(10-6-27)15-19-4-8-29-14-21(19)28/h2-4,8,12,14,17,20,22,36H,5-7,9-11,13,15-16H2,1H3,(H,32,37)/t20-,22+/m1/s1. The quantitative estimate of drug-likeness (QED) is 0.462. The summed E-state index contributed by atoms with van der Waals surface area (Å²) < 4.78 is 50.8. The summed E-state index contributed by atoms with van der Waals surface area (Å²) in [5.41, 5.74) is 0.535. The van der Waals surface area contributed by atoms with Crippen molar-refractivity contribution in [3.05, 3.63) is 54.4 Å². The number of hydrogen-bond acceptors (Lipinski definition) is 9. The van der Waals surface area contributed by atoms with Gasteiger partial charge < -0.3 is 15.2 Å². The zero-order valence-electron chi connectivity index (χ0n) is 22.6. The smallest absolute Gasteiger partial charge is 0.247 e. The summed E-state index contributed by atoms with van der Waals surface area (Å²) in [7, 11) is -2.45. The molecule has 1 amide bonds. The molecule has 41 heavy (non-hydrogen) atoms. The summed E-state index contributed by atoms with van der Waals surface area (Å²) in [6, 6.07) is 5.33. The van der Waals surface area contributed by atoms with Crippen LogP contribution in [0.4, 0.5) is 4.39 Å². The first-order valence-corrected chi connectivity index (χ1v) is 15.0. The summed E-state index contributed by atoms with van der Waals surface area (Å²) >= 11 is 0. The highest BCUT2D eigenvalue weighted by atomic mass is 32.2. The van der Waals surface area contributed by atoms with Crippen LogP contribution in [0.5, 0.6) is 5.75 Å². The zero-order valence-corrected chi connectivity index (χ0v) is 23.4. The number of aromatic nitrogens is 4. The maximum absolute atomic E-state index is 14.2. The number of carbonyl (C=O) groups is 1. The number of fused-ring (bicyclic) bond motifs is 2. The van der Waals surface area contributed by atoms with Gasteiger partial charge >= 0.3 is 0 Å². The largest absolute Gasteiger partial charge is 0.492 e. The molecule has 6 rings (SSSR count). The minimum atomic E-state index is -4.19. The molecule has 0 radical (unpaired) electrons. The molecule has 2 atom stereocenters. The number of halogens is 1. The van der Waals surface area contributed by atoms with Gasteiger partial charge in [0.05, 0.1) is 18.9 Å². The van der Waals surface area contributed by atoms with Gasteiger partial charge in [0.25, 0.3) is 0 Å². The van der Waals surface area contributed by atoms with Crippen LogP contribution in [0.25, 0.3) is 11.4 Å². The second-order valence-electron chi connectivity index (χ2n) is 11.0. The predicted molar refractivity (Wildman–Crippen MR) is 144 cm³/mol. The van der Waals surface area contributed by atoms with E-state index in [1.807, 2.05) is 0 Å². The van der Waals surface area contributed by atoms with E-state index in [2.05, 4.69) is 25.3 Å². The maximum Gasteiger partial charge on any atom is 0.247 e. The molecule has 1 aromatic carbocycles. The van der Waals surface area contributed by atoms with Crippen molar-refractivity contribution in [2.75, 3.05) is 26.2 Å². The van der Waals surface area contributed by atoms with E-state index in [0.717, 1.165) is 4.31 Å². The van der Waals surface area contributed by atoms with Crippen LogP contribution in [-0.2, 0) is 28.4 Å². The van der Waals surface area contributed by atoms with Gasteiger partial charge in [-0.25, -0.2) is 22.5 Å². The topological polar surface area (TPSA) is 143 Å². The minimum Gasteiger partial charge on any atom is -0.492 e. The van der Waals surface area contributed by atoms with Crippen LogP contribution >= 0.6 is 0 Å². The lowest BCUT2D eigenvalue weighted by molar-refractivity contribution is -0.127. The van der Waals surface area contributed by atoms with Gasteiger partial charge in [-0.2, -0.15) is 9.40 Å². The Balaban J connectivity index is 1.31. The van der Waals surface area contributed by atoms with Gasteiger partial charge in [0.15, 0.2) is 5.82 Å². The molecular formula is C27H32FN7O5S. The fourth-order valence-corrected chi connectivity index (χ4v) is 7.75. The molecule has 3 aliphatic heterocycles. The van der Waals surface area contributed by atoms with Crippen molar-refractivity contribution in [2.45, 2.75) is 54.8 Å². The Kier molecular flexibility index (Phi) is 7.26. The molecule has 2 fully saturated rings. The Labute approximate surface area is 237 Å². The summed E-state index contributed by atoms with van der Waals surface area (Å²) in [5, 5.41) is 17.7. The first-order chi connectivity index (χ1) is 19.6. The molecule has 2 N–H and O–H groups in total. The van der Waals surface area contributed by atoms with E-state index in [-0.39, 0.29) is 36.0 Å². The maximum atomic E-state index is 14.2. The van der Waals surface area contributed by atoms with Gasteiger partial charge in [-0.3, -0.25) is 14.7 Å². The number of amides is 1. The number of rotatable bonds is 3. The predicted octanol–water partition coefficient (Wildman–Crippen LogP) is 1.07. The van der Waals surface area contributed by atoms with Crippen LogP contribution in [0.1, 0.15) is 31.2 Å². The monoisotopic (exact) mass is 585 g/mol. The lowest BCUT2D eigenvalue weighted by Gasteiger charge is -2.43. The number of aryl methyl sites for hydroxylation is 1. The number of ether oxygens (including phenoxy) is 1. The van der Waals surface area contributed by atoms with Crippen LogP contribution in [-0.4, -0.2) is 92.3 Å². The minimum absolute atomic E-state index is 0.00179. The number of nitrogens with zero attached hydrogens (tertiary/aromatic N) is 6. The summed E-state index contributed by atoms with van der Waals surface area (Å²) in [5.74, 6) is -0.0903. The number of hydrogen-bond donors (Lipinski definition) is 2. The van der Waals surface area contributed by atoms with Crippen LogP contribution in [0, 0.1) is 5.82 Å². The number of carbonyl (C=O) groups excluding carboxylic acids is 1. The van der Waals surface area contributed by atoms with Crippen molar-refractivity contribution >= 4 is 15.9 Å². The molecule has 14 heteroatoms. The highest BCUT2D eigenvalue weighted by molar-refractivity contribution is 7.89. The number of aliphatic hydroxyl groups is 1. The molecule has 2 saturated heterocycles. The van der Waals surface area contributed by atoms with Crippen molar-refractivity contribution < 1.29 is 27.4 Å². The molecular weight excluding hydrogens is 553 g/mol. The first-order valence-electron chi connectivity index (χ1n) is 13.6. The highest BCUT2D eigenvalue weighted by Crippen LogP contribution is 2.37. The van der Waals surface area contributed by atoms with E-state index < -0.39 is 33.6 Å². The van der Waals surface area contributed by atoms with Crippen molar-refractivity contribution in [2.24, 2.45) is 7.05 Å². The second-order valence-corrected chi connectivity index (χ2v) is 12.8. The summed E-state index contributed by atoms with van der Waals surface area (Å²) in [6.07, 6.45) is 4.79. The van der Waals surface area contributed by atoms with Gasteiger partial charge in [0, 0.05) is 68.9 Å². The first kappa shape index (κ1) is 27.7. The lowest BCUT2D eigenvalue weighted by Crippen LogP contribution is -2.59. The third kappa shape index (κ3) is 5.32. The van der Waals surface area contributed by atoms with Gasteiger partial charge in [-0.15, -0.1) is 0 Å². The molecule has 3 aliphatic rings. The molecule has 0 saturated carbocycles. The highest BCUT2D eigenvalue weighted by Gasteiger charge is 2.47. The third-order valence-corrected chi connectivity index (χ3v) is 10.2. The number of piperidine rings is 1. The molecule has 12 nitrogen and oxygen atoms in total. The molecule has 1 spiro atoms. The third-order valence-electron chi connectivity index (χ3n) is 8.33. The Morgan fingerprint density at radius 3 is 2.76 bits per heavy atom. The second kappa shape index (κ2) is 10.7. The van der Waals surface area contributed by atoms with Crippen molar-refractivity contribution in [1.82, 2.24) is 34.3 Å². The Morgan fingerprint density at radius 2 is 2.02 bits per heavy atom. The molecule has 0 bridgehead atoms. The fraction of sp³-hybridized carbons (Fsp3) is 0.481. The lowest BCUT2D eigenvalue weighted by atomic mass is 9.84. The number of sulfonamides is 1. The fourth-order valence-electron chi connectivity index (χ4n) is 6.00. The number of likely N-dealkylation sites (tertiary alicyclic amines) is 1. The van der Waals surface area contributed by atoms with E-state index in [1.54, 1.807) is 36.1 Å². The van der Waals surface area contributed by atoms with Crippen molar-refractivity contribution in [3.63, 3.8) is 0 Å². The molecule has 2 aromatic heterocycles. The van der Waals surface area contributed by atoms with Crippen LogP contribution in [0.15, 0.2) is 47.9 Å². The number of nitrogens with one attached hydrogen (secondary N) is 1. The van der Waals surface area contributed by atoms with Crippen molar-refractivity contribution in [1.29, 1.82) is 0 Å². The molecule has 0 aliphatic carbocycles. The molecule has 0 unspecified atom stereocenters. The van der Waals surface area contributed by atoms with Gasteiger partial charge in [-0.05, 0) is 37.1 Å². The number of pyridine rings is 1. The van der Waals surface area contributed by atoms with E-state index >= 15 is 0 Å². The Morgan fingerprint density at radius 1 is 1.22 bits per heavy atom. The van der Waals surface area contributed by atoms with E-state index in [4.69, 9.17) is 4.74 Å². The summed E-state index contributed by atoms with van der Waals surface area (Å²) in [4.78, 5) is 23.8. The normalized spacial score (nSPS) is 24.6. The Bertz CT molecular complexity index is 1560. The molecule has 218 valence electrons. The summed E-state index contributed by atoms with van der Waals surface area (Å²) in [6.45, 7) is 1.60. The van der Waals surface area contributed by atoms with Crippen LogP contribution < -0.4 is 10.1 Å². The zero-order chi connectivity index (χ0) is 28.8. The van der Waals surface area contributed by atoms with Crippen LogP contribution in [0.2, 0.25) is 0 Å². The van der Waals surface area contributed by atoms with Gasteiger partial charge in [-0.1, -0.05) is 0 Å². The molecule has 3 aromatic rings. The van der Waals surface area contributed by atoms with E-state index in [0.29, 0.717) is 55.8 Å². The number of benzene rings is 1. The van der Waals surface area contributed by atoms with Gasteiger partial charge in [0.2, 0.25) is 15.9 Å². The SMILES string of the molecule is Cn1ncnc1-c1ccc2c(c1)OCCC1(CCN(Cc3ccncc3F)CC1)NC(=O)[C@@H]1C[C@@H](O)CN1S2(=O)=O. The van der Waals surface area contributed by atoms with Crippen LogP contribution in [0.3, 0.4) is 0 Å². The average molecular weight is 586 g/mol. The Hall–Kier alpha value is -3.46. The van der Waals surface area contributed by atoms with Crippen molar-refractivity contribution in [3.8, 4) is 17.1 Å². The number of aliphatic hydroxyl groups excluding tert-OH is 1. The van der Waals surface area contributed by atoms with Gasteiger partial charge in [0.1, 0.15) is 28.8 Å². The average Bonchev–Trinajstić information content (AvgIpc) is 3.56.